The number of hydrogen-bond acceptors (Lipinski definition) is 7. The second-order valence-corrected chi connectivity index (χ2v) is 7.05. The molecule has 164 valence electrons. The van der Waals surface area contributed by atoms with E-state index in [9.17, 15) is 24.8 Å². The molecule has 0 unspecified atom stereocenters. The largest absolute Gasteiger partial charge is 0.504 e. The number of hydrogen-bond donors (Lipinski definition) is 3. The summed E-state index contributed by atoms with van der Waals surface area (Å²) in [5.74, 6) is -2.45. The van der Waals surface area contributed by atoms with Crippen molar-refractivity contribution in [3.05, 3.63) is 74.4 Å². The van der Waals surface area contributed by atoms with Crippen LogP contribution in [-0.2, 0) is 7.05 Å². The van der Waals surface area contributed by atoms with Crippen molar-refractivity contribution in [3.63, 3.8) is 0 Å². The van der Waals surface area contributed by atoms with Gasteiger partial charge in [0.15, 0.2) is 11.4 Å². The maximum atomic E-state index is 12.4. The molecule has 0 aliphatic heterocycles. The number of aromatic carboxylic acids is 1. The van der Waals surface area contributed by atoms with E-state index in [-0.39, 0.29) is 22.7 Å². The van der Waals surface area contributed by atoms with Gasteiger partial charge in [0.05, 0.1) is 10.6 Å². The summed E-state index contributed by atoms with van der Waals surface area (Å²) in [5.41, 5.74) is 2.15. The molecule has 0 aliphatic carbocycles. The first-order chi connectivity index (χ1) is 15.1. The highest BCUT2D eigenvalue weighted by molar-refractivity contribution is 6.30. The zero-order chi connectivity index (χ0) is 23.6. The van der Waals surface area contributed by atoms with Gasteiger partial charge in [-0.1, -0.05) is 23.7 Å². The monoisotopic (exact) mass is 457 g/mol. The lowest BCUT2D eigenvalue weighted by molar-refractivity contribution is -0.385. The maximum Gasteiger partial charge on any atom is 0.342 e. The highest BCUT2D eigenvalue weighted by Gasteiger charge is 2.23. The normalized spacial score (nSPS) is 11.3. The van der Waals surface area contributed by atoms with Crippen LogP contribution in [0.3, 0.4) is 0 Å². The van der Waals surface area contributed by atoms with Crippen molar-refractivity contribution < 1.29 is 24.7 Å². The molecule has 0 bridgehead atoms. The fraction of sp³-hybridized carbons (Fsp3) is 0.100. The van der Waals surface area contributed by atoms with Gasteiger partial charge in [-0.2, -0.15) is 10.2 Å². The van der Waals surface area contributed by atoms with E-state index in [0.29, 0.717) is 16.3 Å². The van der Waals surface area contributed by atoms with Crippen LogP contribution < -0.4 is 5.43 Å². The number of carbonyl (C=O) groups excluding carboxylic acids is 1. The van der Waals surface area contributed by atoms with Crippen LogP contribution in [0.2, 0.25) is 5.02 Å². The molecule has 11 nitrogen and oxygen atoms in total. The smallest absolute Gasteiger partial charge is 0.342 e. The lowest BCUT2D eigenvalue weighted by Crippen LogP contribution is -2.20. The summed E-state index contributed by atoms with van der Waals surface area (Å²) in [4.78, 5) is 33.7. The molecule has 32 heavy (non-hydrogen) atoms. The van der Waals surface area contributed by atoms with E-state index in [0.717, 1.165) is 18.2 Å². The number of nitro benzene ring substituents is 1. The number of carboxylic acid groups (broad SMARTS) is 1. The number of aromatic hydroxyl groups is 1. The lowest BCUT2D eigenvalue weighted by Gasteiger charge is -2.04. The van der Waals surface area contributed by atoms with Gasteiger partial charge in [0, 0.05) is 29.3 Å². The Labute approximate surface area is 185 Å². The van der Waals surface area contributed by atoms with Crippen LogP contribution >= 0.6 is 11.6 Å². The van der Waals surface area contributed by atoms with E-state index in [2.05, 4.69) is 15.6 Å². The number of aromatic nitrogens is 2. The van der Waals surface area contributed by atoms with Gasteiger partial charge in [-0.15, -0.1) is 0 Å². The molecule has 0 radical (unpaired) electrons. The minimum absolute atomic E-state index is 0.116. The van der Waals surface area contributed by atoms with Gasteiger partial charge in [0.25, 0.3) is 11.6 Å². The number of carboxylic acids is 1. The molecule has 1 heterocycles. The Bertz CT molecular complexity index is 1270. The van der Waals surface area contributed by atoms with Gasteiger partial charge in [0.2, 0.25) is 0 Å². The summed E-state index contributed by atoms with van der Waals surface area (Å²) in [6.45, 7) is 1.50. The Morgan fingerprint density at radius 3 is 2.47 bits per heavy atom. The number of nitrogens with one attached hydrogen (secondary N) is 1. The molecule has 3 rings (SSSR count). The number of benzene rings is 2. The van der Waals surface area contributed by atoms with Crippen LogP contribution in [0, 0.1) is 10.1 Å². The number of halogens is 1. The fourth-order valence-electron chi connectivity index (χ4n) is 2.94. The molecule has 1 amide bonds. The first kappa shape index (κ1) is 22.4. The predicted octanol–water partition coefficient (Wildman–Crippen LogP) is 3.21. The van der Waals surface area contributed by atoms with E-state index in [1.807, 2.05) is 0 Å². The molecule has 0 saturated carbocycles. The minimum atomic E-state index is -1.49. The average molecular weight is 458 g/mol. The van der Waals surface area contributed by atoms with E-state index in [1.165, 1.54) is 11.6 Å². The average Bonchev–Trinajstić information content (AvgIpc) is 3.05. The standard InChI is InChI=1S/C20H16ClN5O6/c1-10(16-18(27)17(25(2)24-16)11-3-6-13(21)7-4-11)22-23-19(28)12-5-8-14(20(29)30)15(9-12)26(31)32/h3-9,27H,1-2H3,(H,23,28)(H,29,30)/b22-10-. The first-order valence-electron chi connectivity index (χ1n) is 8.98. The molecular formula is C20H16ClN5O6. The van der Waals surface area contributed by atoms with Gasteiger partial charge < -0.3 is 10.2 Å². The quantitative estimate of drug-likeness (QED) is 0.291. The topological polar surface area (TPSA) is 160 Å². The van der Waals surface area contributed by atoms with Crippen molar-refractivity contribution in [1.29, 1.82) is 0 Å². The van der Waals surface area contributed by atoms with E-state index >= 15 is 0 Å². The summed E-state index contributed by atoms with van der Waals surface area (Å²) in [6, 6.07) is 9.70. The summed E-state index contributed by atoms with van der Waals surface area (Å²) in [7, 11) is 1.63. The first-order valence-corrected chi connectivity index (χ1v) is 9.36. The molecule has 0 spiro atoms. The van der Waals surface area contributed by atoms with Crippen molar-refractivity contribution in [3.8, 4) is 17.0 Å². The third-order valence-corrected chi connectivity index (χ3v) is 4.75. The summed E-state index contributed by atoms with van der Waals surface area (Å²) >= 11 is 5.90. The Hall–Kier alpha value is -4.25. The van der Waals surface area contributed by atoms with E-state index < -0.39 is 28.1 Å². The summed E-state index contributed by atoms with van der Waals surface area (Å²) in [5, 5.41) is 39.4. The number of carbonyl (C=O) groups is 2. The third-order valence-electron chi connectivity index (χ3n) is 4.49. The van der Waals surface area contributed by atoms with E-state index in [1.54, 1.807) is 31.3 Å². The number of aryl methyl sites for hydroxylation is 1. The number of amides is 1. The number of nitrogens with zero attached hydrogens (tertiary/aromatic N) is 4. The fourth-order valence-corrected chi connectivity index (χ4v) is 3.07. The van der Waals surface area contributed by atoms with Crippen molar-refractivity contribution in [2.45, 2.75) is 6.92 Å². The number of hydrazone groups is 1. The molecule has 3 N–H and O–H groups in total. The zero-order valence-electron chi connectivity index (χ0n) is 16.7. The van der Waals surface area contributed by atoms with E-state index in [4.69, 9.17) is 16.7 Å². The minimum Gasteiger partial charge on any atom is -0.504 e. The van der Waals surface area contributed by atoms with Crippen LogP contribution in [0.4, 0.5) is 5.69 Å². The van der Waals surface area contributed by atoms with Crippen LogP contribution in [0.1, 0.15) is 33.3 Å². The maximum absolute atomic E-state index is 12.4. The summed E-state index contributed by atoms with van der Waals surface area (Å²) in [6.07, 6.45) is 0. The lowest BCUT2D eigenvalue weighted by atomic mass is 10.1. The third kappa shape index (κ3) is 4.42. The highest BCUT2D eigenvalue weighted by atomic mass is 35.5. The Morgan fingerprint density at radius 2 is 1.88 bits per heavy atom. The molecule has 12 heteroatoms. The molecular weight excluding hydrogens is 442 g/mol. The van der Waals surface area contributed by atoms with Crippen LogP contribution in [0.15, 0.2) is 47.6 Å². The predicted molar refractivity (Wildman–Crippen MR) is 115 cm³/mol. The van der Waals surface area contributed by atoms with Crippen LogP contribution in [-0.4, -0.2) is 42.5 Å². The summed E-state index contributed by atoms with van der Waals surface area (Å²) < 4.78 is 1.45. The van der Waals surface area contributed by atoms with Crippen molar-refractivity contribution in [2.75, 3.05) is 0 Å². The highest BCUT2D eigenvalue weighted by Crippen LogP contribution is 2.32. The van der Waals surface area contributed by atoms with Crippen molar-refractivity contribution in [2.24, 2.45) is 12.1 Å². The Morgan fingerprint density at radius 1 is 1.22 bits per heavy atom. The number of nitro groups is 1. The zero-order valence-corrected chi connectivity index (χ0v) is 17.5. The van der Waals surface area contributed by atoms with Gasteiger partial charge >= 0.3 is 5.97 Å². The Kier molecular flexibility index (Phi) is 6.21. The van der Waals surface area contributed by atoms with Crippen LogP contribution in [0.5, 0.6) is 5.75 Å². The molecule has 0 atom stereocenters. The molecule has 0 fully saturated rings. The van der Waals surface area contributed by atoms with Gasteiger partial charge in [-0.25, -0.2) is 10.2 Å². The van der Waals surface area contributed by atoms with Crippen molar-refractivity contribution in [1.82, 2.24) is 15.2 Å². The molecule has 3 aromatic rings. The SMILES string of the molecule is C/C(=N/NC(=O)c1ccc(C(=O)O)c([N+](=O)[O-])c1)c1nn(C)c(-c2ccc(Cl)cc2)c1O. The molecule has 1 aromatic heterocycles. The second kappa shape index (κ2) is 8.86. The molecule has 0 saturated heterocycles. The van der Waals surface area contributed by atoms with Crippen LogP contribution in [0.25, 0.3) is 11.3 Å². The van der Waals surface area contributed by atoms with Gasteiger partial charge in [0.1, 0.15) is 11.3 Å². The number of rotatable bonds is 6. The second-order valence-electron chi connectivity index (χ2n) is 6.61. The molecule has 2 aromatic carbocycles. The Balaban J connectivity index is 1.86. The van der Waals surface area contributed by atoms with Crippen molar-refractivity contribution >= 4 is 34.9 Å². The van der Waals surface area contributed by atoms with Gasteiger partial charge in [-0.05, 0) is 31.2 Å². The molecule has 0 aliphatic rings. The van der Waals surface area contributed by atoms with Gasteiger partial charge in [-0.3, -0.25) is 19.6 Å².